The summed E-state index contributed by atoms with van der Waals surface area (Å²) in [7, 11) is 0. The summed E-state index contributed by atoms with van der Waals surface area (Å²) in [4.78, 5) is 13.4. The monoisotopic (exact) mass is 349 g/mol. The lowest BCUT2D eigenvalue weighted by molar-refractivity contribution is -0.151. The second-order valence-corrected chi connectivity index (χ2v) is 6.21. The van der Waals surface area contributed by atoms with E-state index in [4.69, 9.17) is 16.3 Å². The van der Waals surface area contributed by atoms with Crippen molar-refractivity contribution in [1.82, 2.24) is 4.90 Å². The third kappa shape index (κ3) is 4.61. The van der Waals surface area contributed by atoms with Crippen LogP contribution in [0.1, 0.15) is 24.0 Å². The Balaban J connectivity index is 2.27. The number of rotatable bonds is 4. The highest BCUT2D eigenvalue weighted by Gasteiger charge is 2.43. The van der Waals surface area contributed by atoms with Crippen molar-refractivity contribution in [2.75, 3.05) is 26.2 Å². The Morgan fingerprint density at radius 2 is 2.09 bits per heavy atom. The van der Waals surface area contributed by atoms with Crippen LogP contribution in [0, 0.1) is 12.8 Å². The zero-order chi connectivity index (χ0) is 17.2. The molecule has 1 heterocycles. The molecule has 0 aromatic heterocycles. The Morgan fingerprint density at radius 3 is 2.65 bits per heavy atom. The van der Waals surface area contributed by atoms with Crippen LogP contribution < -0.4 is 0 Å². The maximum Gasteiger partial charge on any atom is 0.401 e. The molecule has 0 bridgehead atoms. The standard InChI is InChI=1S/C16H19ClF3NO2/c1-3-23-15(22)13-8-21(9-16(18,19)20)7-12(13)11-5-4-10(2)6-14(11)17/h4-6,12-13H,3,7-9H2,1-2H3. The zero-order valence-corrected chi connectivity index (χ0v) is 13.7. The molecule has 2 atom stereocenters. The molecule has 1 fully saturated rings. The lowest BCUT2D eigenvalue weighted by Crippen LogP contribution is -2.33. The van der Waals surface area contributed by atoms with Crippen LogP contribution in [-0.2, 0) is 9.53 Å². The topological polar surface area (TPSA) is 29.5 Å². The molecule has 128 valence electrons. The molecule has 0 amide bonds. The summed E-state index contributed by atoms with van der Waals surface area (Å²) in [5.74, 6) is -1.51. The average molecular weight is 350 g/mol. The minimum Gasteiger partial charge on any atom is -0.466 e. The SMILES string of the molecule is CCOC(=O)C1CN(CC(F)(F)F)CC1c1ccc(C)cc1Cl. The molecule has 1 saturated heterocycles. The number of hydrogen-bond acceptors (Lipinski definition) is 3. The molecule has 0 radical (unpaired) electrons. The summed E-state index contributed by atoms with van der Waals surface area (Å²) in [5.41, 5.74) is 1.65. The molecule has 23 heavy (non-hydrogen) atoms. The van der Waals surface area contributed by atoms with Crippen molar-refractivity contribution in [2.45, 2.75) is 25.9 Å². The number of nitrogens with zero attached hydrogens (tertiary/aromatic N) is 1. The van der Waals surface area contributed by atoms with Gasteiger partial charge in [0, 0.05) is 24.0 Å². The van der Waals surface area contributed by atoms with Gasteiger partial charge in [-0.1, -0.05) is 23.7 Å². The van der Waals surface area contributed by atoms with Gasteiger partial charge in [-0.3, -0.25) is 9.69 Å². The van der Waals surface area contributed by atoms with Gasteiger partial charge in [0.05, 0.1) is 19.1 Å². The van der Waals surface area contributed by atoms with Gasteiger partial charge in [-0.05, 0) is 31.0 Å². The van der Waals surface area contributed by atoms with Crippen LogP contribution in [0.15, 0.2) is 18.2 Å². The molecule has 2 rings (SSSR count). The highest BCUT2D eigenvalue weighted by atomic mass is 35.5. The first-order valence-corrected chi connectivity index (χ1v) is 7.81. The zero-order valence-electron chi connectivity index (χ0n) is 13.0. The Kier molecular flexibility index (Phi) is 5.57. The van der Waals surface area contributed by atoms with Gasteiger partial charge in [0.25, 0.3) is 0 Å². The largest absolute Gasteiger partial charge is 0.466 e. The van der Waals surface area contributed by atoms with Gasteiger partial charge < -0.3 is 4.74 Å². The predicted octanol–water partition coefficient (Wildman–Crippen LogP) is 3.79. The molecular formula is C16H19ClF3NO2. The van der Waals surface area contributed by atoms with Crippen LogP contribution in [0.2, 0.25) is 5.02 Å². The van der Waals surface area contributed by atoms with Crippen LogP contribution in [0.3, 0.4) is 0 Å². The van der Waals surface area contributed by atoms with Gasteiger partial charge >= 0.3 is 12.1 Å². The number of esters is 1. The average Bonchev–Trinajstić information content (AvgIpc) is 2.80. The molecule has 7 heteroatoms. The fraction of sp³-hybridized carbons (Fsp3) is 0.562. The number of halogens is 4. The summed E-state index contributed by atoms with van der Waals surface area (Å²) in [6, 6.07) is 5.38. The summed E-state index contributed by atoms with van der Waals surface area (Å²) in [6.45, 7) is 2.86. The molecule has 1 aromatic rings. The summed E-state index contributed by atoms with van der Waals surface area (Å²) < 4.78 is 43.0. The van der Waals surface area contributed by atoms with E-state index in [2.05, 4.69) is 0 Å². The molecule has 1 aliphatic heterocycles. The maximum absolute atomic E-state index is 12.7. The van der Waals surface area contributed by atoms with Crippen molar-refractivity contribution in [1.29, 1.82) is 0 Å². The normalized spacial score (nSPS) is 22.3. The van der Waals surface area contributed by atoms with Gasteiger partial charge in [-0.2, -0.15) is 13.2 Å². The van der Waals surface area contributed by atoms with E-state index in [1.165, 1.54) is 4.90 Å². The second-order valence-electron chi connectivity index (χ2n) is 5.80. The smallest absolute Gasteiger partial charge is 0.401 e. The summed E-state index contributed by atoms with van der Waals surface area (Å²) in [6.07, 6.45) is -4.30. The van der Waals surface area contributed by atoms with Crippen molar-refractivity contribution in [3.63, 3.8) is 0 Å². The van der Waals surface area contributed by atoms with E-state index in [0.717, 1.165) is 5.56 Å². The third-order valence-electron chi connectivity index (χ3n) is 3.94. The highest BCUT2D eigenvalue weighted by Crippen LogP contribution is 2.38. The van der Waals surface area contributed by atoms with Crippen LogP contribution in [0.4, 0.5) is 13.2 Å². The highest BCUT2D eigenvalue weighted by molar-refractivity contribution is 6.31. The maximum atomic E-state index is 12.7. The van der Waals surface area contributed by atoms with E-state index < -0.39 is 30.5 Å². The summed E-state index contributed by atoms with van der Waals surface area (Å²) in [5, 5.41) is 0.471. The molecule has 0 aliphatic carbocycles. The van der Waals surface area contributed by atoms with Gasteiger partial charge in [0.15, 0.2) is 0 Å². The number of likely N-dealkylation sites (tertiary alicyclic amines) is 1. The van der Waals surface area contributed by atoms with Crippen molar-refractivity contribution in [3.8, 4) is 0 Å². The molecule has 1 aromatic carbocycles. The van der Waals surface area contributed by atoms with Crippen LogP contribution in [0.5, 0.6) is 0 Å². The summed E-state index contributed by atoms with van der Waals surface area (Å²) >= 11 is 6.24. The molecule has 0 spiro atoms. The van der Waals surface area contributed by atoms with Crippen LogP contribution in [-0.4, -0.2) is 43.3 Å². The quantitative estimate of drug-likeness (QED) is 0.775. The van der Waals surface area contributed by atoms with E-state index >= 15 is 0 Å². The number of carbonyl (C=O) groups excluding carboxylic acids is 1. The first-order chi connectivity index (χ1) is 10.7. The van der Waals surface area contributed by atoms with Crippen LogP contribution >= 0.6 is 11.6 Å². The van der Waals surface area contributed by atoms with Gasteiger partial charge in [0.1, 0.15) is 0 Å². The fourth-order valence-corrected chi connectivity index (χ4v) is 3.38. The number of ether oxygens (including phenoxy) is 1. The number of benzene rings is 1. The van der Waals surface area contributed by atoms with Crippen molar-refractivity contribution >= 4 is 17.6 Å². The Bertz CT molecular complexity index is 577. The first kappa shape index (κ1) is 18.1. The van der Waals surface area contributed by atoms with E-state index in [0.29, 0.717) is 10.6 Å². The Labute approximate surface area is 138 Å². The molecule has 0 N–H and O–H groups in total. The van der Waals surface area contributed by atoms with E-state index in [9.17, 15) is 18.0 Å². The number of aryl methyl sites for hydroxylation is 1. The fourth-order valence-electron chi connectivity index (χ4n) is 3.00. The Morgan fingerprint density at radius 1 is 1.39 bits per heavy atom. The Hall–Kier alpha value is -1.27. The lowest BCUT2D eigenvalue weighted by atomic mass is 9.88. The lowest BCUT2D eigenvalue weighted by Gasteiger charge is -2.19. The molecule has 3 nitrogen and oxygen atoms in total. The molecular weight excluding hydrogens is 331 g/mol. The molecule has 1 aliphatic rings. The molecule has 0 saturated carbocycles. The predicted molar refractivity (Wildman–Crippen MR) is 81.5 cm³/mol. The van der Waals surface area contributed by atoms with E-state index in [1.807, 2.05) is 13.0 Å². The third-order valence-corrected chi connectivity index (χ3v) is 4.27. The number of alkyl halides is 3. The second kappa shape index (κ2) is 7.09. The van der Waals surface area contributed by atoms with Crippen molar-refractivity contribution in [3.05, 3.63) is 34.3 Å². The van der Waals surface area contributed by atoms with Gasteiger partial charge in [0.2, 0.25) is 0 Å². The first-order valence-electron chi connectivity index (χ1n) is 7.43. The van der Waals surface area contributed by atoms with Gasteiger partial charge in [-0.25, -0.2) is 0 Å². The number of hydrogen-bond donors (Lipinski definition) is 0. The van der Waals surface area contributed by atoms with Crippen LogP contribution in [0.25, 0.3) is 0 Å². The van der Waals surface area contributed by atoms with Gasteiger partial charge in [-0.15, -0.1) is 0 Å². The minimum absolute atomic E-state index is 0.0210. The van der Waals surface area contributed by atoms with E-state index in [1.54, 1.807) is 19.1 Å². The molecule has 2 unspecified atom stereocenters. The van der Waals surface area contributed by atoms with Crippen molar-refractivity contribution in [2.24, 2.45) is 5.92 Å². The van der Waals surface area contributed by atoms with E-state index in [-0.39, 0.29) is 19.7 Å². The number of carbonyl (C=O) groups is 1. The van der Waals surface area contributed by atoms with Crippen molar-refractivity contribution < 1.29 is 22.7 Å². The minimum atomic E-state index is -4.30.